The molecule has 1 aromatic heterocycles. The molecule has 3 atom stereocenters. The van der Waals surface area contributed by atoms with Crippen LogP contribution in [-0.2, 0) is 11.3 Å². The molecule has 1 aliphatic carbocycles. The second-order valence-corrected chi connectivity index (χ2v) is 9.60. The molecule has 3 unspecified atom stereocenters. The van der Waals surface area contributed by atoms with Crippen molar-refractivity contribution in [3.63, 3.8) is 0 Å². The molecule has 0 radical (unpaired) electrons. The quantitative estimate of drug-likeness (QED) is 0.346. The van der Waals surface area contributed by atoms with E-state index in [0.717, 1.165) is 25.7 Å². The van der Waals surface area contributed by atoms with Crippen molar-refractivity contribution in [1.82, 2.24) is 14.9 Å². The second kappa shape index (κ2) is 11.0. The van der Waals surface area contributed by atoms with Crippen molar-refractivity contribution in [2.75, 3.05) is 5.75 Å². The van der Waals surface area contributed by atoms with Gasteiger partial charge in [-0.25, -0.2) is 4.98 Å². The predicted octanol–water partition coefficient (Wildman–Crippen LogP) is 5.01. The first kappa shape index (κ1) is 22.9. The van der Waals surface area contributed by atoms with Crippen molar-refractivity contribution in [3.05, 3.63) is 34.6 Å². The summed E-state index contributed by atoms with van der Waals surface area (Å²) < 4.78 is 1.77. The third kappa shape index (κ3) is 5.65. The number of hydrogen-bond acceptors (Lipinski definition) is 4. The first-order valence-electron chi connectivity index (χ1n) is 11.4. The minimum Gasteiger partial charge on any atom is -0.352 e. The van der Waals surface area contributed by atoms with Gasteiger partial charge in [-0.05, 0) is 36.8 Å². The van der Waals surface area contributed by atoms with E-state index in [1.807, 2.05) is 24.3 Å². The van der Waals surface area contributed by atoms with Gasteiger partial charge in [0.1, 0.15) is 0 Å². The van der Waals surface area contributed by atoms with Crippen LogP contribution in [0, 0.1) is 11.8 Å². The van der Waals surface area contributed by atoms with Crippen LogP contribution in [0.25, 0.3) is 10.9 Å². The number of benzene rings is 1. The molecule has 0 aliphatic heterocycles. The third-order valence-electron chi connectivity index (χ3n) is 6.45. The molecule has 0 spiro atoms. The molecule has 5 nitrogen and oxygen atoms in total. The Kier molecular flexibility index (Phi) is 8.37. The lowest BCUT2D eigenvalue weighted by Crippen LogP contribution is -2.44. The molecule has 1 aromatic carbocycles. The van der Waals surface area contributed by atoms with Gasteiger partial charge in [-0.3, -0.25) is 14.2 Å². The highest BCUT2D eigenvalue weighted by Crippen LogP contribution is 2.29. The highest BCUT2D eigenvalue weighted by Gasteiger charge is 2.28. The summed E-state index contributed by atoms with van der Waals surface area (Å²) in [5.41, 5.74) is 0.694. The number of aromatic nitrogens is 2. The van der Waals surface area contributed by atoms with Crippen LogP contribution in [0.4, 0.5) is 0 Å². The Balaban J connectivity index is 1.71. The second-order valence-electron chi connectivity index (χ2n) is 8.66. The molecule has 6 heteroatoms. The van der Waals surface area contributed by atoms with E-state index in [1.54, 1.807) is 4.57 Å². The van der Waals surface area contributed by atoms with Crippen LogP contribution >= 0.6 is 11.8 Å². The van der Waals surface area contributed by atoms with Gasteiger partial charge >= 0.3 is 0 Å². The third-order valence-corrected chi connectivity index (χ3v) is 7.42. The summed E-state index contributed by atoms with van der Waals surface area (Å²) in [6, 6.07) is 7.72. The minimum atomic E-state index is -0.00488. The zero-order chi connectivity index (χ0) is 21.5. The maximum atomic E-state index is 13.1. The smallest absolute Gasteiger partial charge is 0.262 e. The van der Waals surface area contributed by atoms with E-state index in [1.165, 1.54) is 31.0 Å². The van der Waals surface area contributed by atoms with Crippen LogP contribution in [0.15, 0.2) is 34.2 Å². The monoisotopic (exact) mass is 429 g/mol. The molecular weight excluding hydrogens is 394 g/mol. The Hall–Kier alpha value is -1.82. The summed E-state index contributed by atoms with van der Waals surface area (Å²) in [5.74, 6) is 1.47. The molecule has 2 aromatic rings. The number of carbonyl (C=O) groups excluding carboxylic acids is 1. The predicted molar refractivity (Wildman–Crippen MR) is 125 cm³/mol. The van der Waals surface area contributed by atoms with Crippen LogP contribution in [-0.4, -0.2) is 27.3 Å². The van der Waals surface area contributed by atoms with Crippen molar-refractivity contribution >= 4 is 28.6 Å². The normalized spacial score (nSPS) is 21.6. The number of rotatable bonds is 9. The van der Waals surface area contributed by atoms with Crippen molar-refractivity contribution in [1.29, 1.82) is 0 Å². The zero-order valence-electron chi connectivity index (χ0n) is 18.5. The molecule has 1 heterocycles. The Morgan fingerprint density at radius 2 is 2.00 bits per heavy atom. The average Bonchev–Trinajstić information content (AvgIpc) is 2.74. The maximum absolute atomic E-state index is 13.1. The molecule has 0 bridgehead atoms. The van der Waals surface area contributed by atoms with Crippen LogP contribution in [0.1, 0.15) is 65.7 Å². The molecule has 1 N–H and O–H groups in total. The summed E-state index contributed by atoms with van der Waals surface area (Å²) >= 11 is 1.38. The molecule has 30 heavy (non-hydrogen) atoms. The van der Waals surface area contributed by atoms with Crippen LogP contribution in [0.5, 0.6) is 0 Å². The molecule has 1 fully saturated rings. The Morgan fingerprint density at radius 3 is 2.80 bits per heavy atom. The van der Waals surface area contributed by atoms with Gasteiger partial charge in [0.2, 0.25) is 5.91 Å². The van der Waals surface area contributed by atoms with Gasteiger partial charge in [0.15, 0.2) is 5.16 Å². The topological polar surface area (TPSA) is 64.0 Å². The number of amides is 1. The number of unbranched alkanes of at least 4 members (excludes halogenated alkanes) is 3. The number of nitrogens with zero attached hydrogens (tertiary/aromatic N) is 2. The number of thioether (sulfide) groups is 1. The van der Waals surface area contributed by atoms with Crippen LogP contribution in [0.2, 0.25) is 0 Å². The number of para-hydroxylation sites is 1. The molecule has 0 saturated heterocycles. The molecule has 164 valence electrons. The lowest BCUT2D eigenvalue weighted by Gasteiger charge is -2.34. The highest BCUT2D eigenvalue weighted by atomic mass is 32.2. The largest absolute Gasteiger partial charge is 0.352 e. The lowest BCUT2D eigenvalue weighted by atomic mass is 9.78. The number of carbonyl (C=O) groups is 1. The van der Waals surface area contributed by atoms with Gasteiger partial charge in [-0.1, -0.05) is 76.8 Å². The van der Waals surface area contributed by atoms with E-state index >= 15 is 0 Å². The van der Waals surface area contributed by atoms with Gasteiger partial charge in [-0.15, -0.1) is 0 Å². The van der Waals surface area contributed by atoms with E-state index in [0.29, 0.717) is 34.4 Å². The standard InChI is InChI=1S/C24H35N3O2S/c1-4-5-6-9-15-27-23(29)19-12-7-8-13-21(19)26-24(27)30-16-22(28)25-20-14-10-11-17(2)18(20)3/h7-8,12-13,17-18,20H,4-6,9-11,14-16H2,1-3H3,(H,25,28). The summed E-state index contributed by atoms with van der Waals surface area (Å²) in [6.45, 7) is 7.34. The van der Waals surface area contributed by atoms with Gasteiger partial charge < -0.3 is 5.32 Å². The highest BCUT2D eigenvalue weighted by molar-refractivity contribution is 7.99. The van der Waals surface area contributed by atoms with E-state index in [9.17, 15) is 9.59 Å². The number of fused-ring (bicyclic) bond motifs is 1. The van der Waals surface area contributed by atoms with Crippen LogP contribution < -0.4 is 10.9 Å². The Bertz CT molecular complexity index is 911. The zero-order valence-corrected chi connectivity index (χ0v) is 19.3. The Morgan fingerprint density at radius 1 is 1.20 bits per heavy atom. The van der Waals surface area contributed by atoms with Gasteiger partial charge in [0.25, 0.3) is 5.56 Å². The van der Waals surface area contributed by atoms with Gasteiger partial charge in [0.05, 0.1) is 16.7 Å². The van der Waals surface area contributed by atoms with Gasteiger partial charge in [0, 0.05) is 12.6 Å². The van der Waals surface area contributed by atoms with E-state index in [4.69, 9.17) is 4.98 Å². The van der Waals surface area contributed by atoms with E-state index in [-0.39, 0.29) is 23.3 Å². The fourth-order valence-corrected chi connectivity index (χ4v) is 5.15. The molecule has 1 amide bonds. The first-order chi connectivity index (χ1) is 14.5. The lowest BCUT2D eigenvalue weighted by molar-refractivity contribution is -0.120. The Labute approximate surface area is 184 Å². The fraction of sp³-hybridized carbons (Fsp3) is 0.625. The molecule has 1 saturated carbocycles. The molecule has 3 rings (SSSR count). The summed E-state index contributed by atoms with van der Waals surface area (Å²) in [7, 11) is 0. The molecular formula is C24H35N3O2S. The first-order valence-corrected chi connectivity index (χ1v) is 12.4. The molecule has 1 aliphatic rings. The van der Waals surface area contributed by atoms with E-state index in [2.05, 4.69) is 26.1 Å². The SMILES string of the molecule is CCCCCCn1c(SCC(=O)NC2CCCC(C)C2C)nc2ccccc2c1=O. The van der Waals surface area contributed by atoms with Crippen LogP contribution in [0.3, 0.4) is 0 Å². The summed E-state index contributed by atoms with van der Waals surface area (Å²) in [5, 5.41) is 4.52. The number of hydrogen-bond donors (Lipinski definition) is 1. The maximum Gasteiger partial charge on any atom is 0.262 e. The average molecular weight is 430 g/mol. The fourth-order valence-electron chi connectivity index (χ4n) is 4.32. The van der Waals surface area contributed by atoms with Crippen molar-refractivity contribution in [3.8, 4) is 0 Å². The van der Waals surface area contributed by atoms with E-state index < -0.39 is 0 Å². The minimum absolute atomic E-state index is 0.00488. The van der Waals surface area contributed by atoms with Crippen molar-refractivity contribution < 1.29 is 4.79 Å². The number of nitrogens with one attached hydrogen (secondary N) is 1. The summed E-state index contributed by atoms with van der Waals surface area (Å²) in [6.07, 6.45) is 7.84. The van der Waals surface area contributed by atoms with Crippen molar-refractivity contribution in [2.45, 2.75) is 83.5 Å². The summed E-state index contributed by atoms with van der Waals surface area (Å²) in [4.78, 5) is 30.4. The van der Waals surface area contributed by atoms with Gasteiger partial charge in [-0.2, -0.15) is 0 Å². The van der Waals surface area contributed by atoms with Crippen molar-refractivity contribution in [2.24, 2.45) is 11.8 Å².